The van der Waals surface area contributed by atoms with E-state index >= 15 is 0 Å². The summed E-state index contributed by atoms with van der Waals surface area (Å²) in [6.07, 6.45) is 2.44. The van der Waals surface area contributed by atoms with Crippen molar-refractivity contribution in [2.45, 2.75) is 18.9 Å². The molecule has 0 radical (unpaired) electrons. The lowest BCUT2D eigenvalue weighted by Crippen LogP contribution is -2.14. The van der Waals surface area contributed by atoms with Crippen molar-refractivity contribution in [1.29, 1.82) is 0 Å². The summed E-state index contributed by atoms with van der Waals surface area (Å²) in [5, 5.41) is 0. The molecular formula is C11H14N2O. The lowest BCUT2D eigenvalue weighted by atomic mass is 10.0. The Morgan fingerprint density at radius 2 is 1.86 bits per heavy atom. The van der Waals surface area contributed by atoms with Crippen LogP contribution in [0.25, 0.3) is 0 Å². The predicted molar refractivity (Wildman–Crippen MR) is 54.6 cm³/mol. The lowest BCUT2D eigenvalue weighted by molar-refractivity contribution is 0.100. The normalized spacial score (nSPS) is 17.8. The van der Waals surface area contributed by atoms with Crippen LogP contribution in [0.15, 0.2) is 24.3 Å². The Bertz CT molecular complexity index is 341. The third-order valence-corrected chi connectivity index (χ3v) is 2.71. The minimum atomic E-state index is -0.392. The molecule has 0 aromatic heterocycles. The molecule has 1 fully saturated rings. The van der Waals surface area contributed by atoms with E-state index < -0.39 is 5.91 Å². The summed E-state index contributed by atoms with van der Waals surface area (Å²) in [7, 11) is 0. The Morgan fingerprint density at radius 1 is 1.29 bits per heavy atom. The predicted octanol–water partition coefficient (Wildman–Crippen LogP) is 1.20. The van der Waals surface area contributed by atoms with Crippen molar-refractivity contribution in [3.05, 3.63) is 35.4 Å². The first-order valence-corrected chi connectivity index (χ1v) is 4.84. The van der Waals surface area contributed by atoms with Crippen LogP contribution in [0, 0.1) is 5.92 Å². The molecule has 1 amide bonds. The van der Waals surface area contributed by atoms with E-state index in [2.05, 4.69) is 0 Å². The van der Waals surface area contributed by atoms with E-state index in [0.29, 0.717) is 11.5 Å². The van der Waals surface area contributed by atoms with Gasteiger partial charge in [0.2, 0.25) is 5.91 Å². The van der Waals surface area contributed by atoms with Gasteiger partial charge in [-0.3, -0.25) is 4.79 Å². The van der Waals surface area contributed by atoms with Crippen molar-refractivity contribution < 1.29 is 4.79 Å². The standard InChI is InChI=1S/C11H14N2O/c12-10(7-1-2-7)8-3-5-9(6-4-8)11(13)14/h3-7,10H,1-2,12H2,(H2,13,14)/t10-/m0/s1. The van der Waals surface area contributed by atoms with E-state index in [-0.39, 0.29) is 6.04 Å². The minimum Gasteiger partial charge on any atom is -0.366 e. The summed E-state index contributed by atoms with van der Waals surface area (Å²) >= 11 is 0. The molecule has 1 saturated carbocycles. The van der Waals surface area contributed by atoms with E-state index in [9.17, 15) is 4.79 Å². The summed E-state index contributed by atoms with van der Waals surface area (Å²) in [5.74, 6) is 0.242. The van der Waals surface area contributed by atoms with Crippen LogP contribution < -0.4 is 11.5 Å². The number of hydrogen-bond acceptors (Lipinski definition) is 2. The first-order chi connectivity index (χ1) is 6.68. The molecule has 0 heterocycles. The lowest BCUT2D eigenvalue weighted by Gasteiger charge is -2.10. The SMILES string of the molecule is NC(=O)c1ccc([C@@H](N)C2CC2)cc1. The van der Waals surface area contributed by atoms with E-state index in [1.54, 1.807) is 12.1 Å². The Balaban J connectivity index is 2.16. The summed E-state index contributed by atoms with van der Waals surface area (Å²) in [6.45, 7) is 0. The van der Waals surface area contributed by atoms with Crippen LogP contribution in [0.3, 0.4) is 0 Å². The van der Waals surface area contributed by atoms with E-state index in [4.69, 9.17) is 11.5 Å². The number of benzene rings is 1. The smallest absolute Gasteiger partial charge is 0.248 e. The average molecular weight is 190 g/mol. The average Bonchev–Trinajstić information content (AvgIpc) is 3.00. The first-order valence-electron chi connectivity index (χ1n) is 4.84. The van der Waals surface area contributed by atoms with Crippen LogP contribution in [-0.4, -0.2) is 5.91 Å². The van der Waals surface area contributed by atoms with Gasteiger partial charge < -0.3 is 11.5 Å². The largest absolute Gasteiger partial charge is 0.366 e. The zero-order valence-electron chi connectivity index (χ0n) is 7.94. The molecule has 4 N–H and O–H groups in total. The quantitative estimate of drug-likeness (QED) is 0.751. The molecular weight excluding hydrogens is 176 g/mol. The van der Waals surface area contributed by atoms with Crippen molar-refractivity contribution in [2.24, 2.45) is 17.4 Å². The van der Waals surface area contributed by atoms with Crippen molar-refractivity contribution in [1.82, 2.24) is 0 Å². The maximum atomic E-state index is 10.8. The fourth-order valence-corrected chi connectivity index (χ4v) is 1.60. The number of carbonyl (C=O) groups is 1. The topological polar surface area (TPSA) is 69.1 Å². The minimum absolute atomic E-state index is 0.122. The van der Waals surface area contributed by atoms with Gasteiger partial charge >= 0.3 is 0 Å². The van der Waals surface area contributed by atoms with Gasteiger partial charge in [-0.1, -0.05) is 12.1 Å². The number of carbonyl (C=O) groups excluding carboxylic acids is 1. The summed E-state index contributed by atoms with van der Waals surface area (Å²) in [6, 6.07) is 7.38. The summed E-state index contributed by atoms with van der Waals surface area (Å²) in [4.78, 5) is 10.8. The molecule has 0 bridgehead atoms. The van der Waals surface area contributed by atoms with Gasteiger partial charge in [-0.15, -0.1) is 0 Å². The van der Waals surface area contributed by atoms with Crippen molar-refractivity contribution in [3.8, 4) is 0 Å². The molecule has 1 aromatic rings. The Morgan fingerprint density at radius 3 is 2.29 bits per heavy atom. The monoisotopic (exact) mass is 190 g/mol. The second-order valence-corrected chi connectivity index (χ2v) is 3.85. The highest BCUT2D eigenvalue weighted by atomic mass is 16.1. The van der Waals surface area contributed by atoms with Gasteiger partial charge in [-0.05, 0) is 36.5 Å². The zero-order chi connectivity index (χ0) is 10.1. The third kappa shape index (κ3) is 1.77. The fraction of sp³-hybridized carbons (Fsp3) is 0.364. The Labute approximate surface area is 83.1 Å². The van der Waals surface area contributed by atoms with E-state index in [1.165, 1.54) is 12.8 Å². The molecule has 14 heavy (non-hydrogen) atoms. The second kappa shape index (κ2) is 3.42. The first kappa shape index (κ1) is 9.21. The van der Waals surface area contributed by atoms with Crippen LogP contribution >= 0.6 is 0 Å². The molecule has 1 aromatic carbocycles. The van der Waals surface area contributed by atoms with Gasteiger partial charge in [0.25, 0.3) is 0 Å². The number of rotatable bonds is 3. The van der Waals surface area contributed by atoms with Gasteiger partial charge in [-0.2, -0.15) is 0 Å². The number of amides is 1. The van der Waals surface area contributed by atoms with Gasteiger partial charge in [0.05, 0.1) is 0 Å². The maximum Gasteiger partial charge on any atom is 0.248 e. The van der Waals surface area contributed by atoms with Crippen molar-refractivity contribution in [2.75, 3.05) is 0 Å². The number of nitrogens with two attached hydrogens (primary N) is 2. The van der Waals surface area contributed by atoms with Crippen LogP contribution in [-0.2, 0) is 0 Å². The van der Waals surface area contributed by atoms with Crippen LogP contribution in [0.1, 0.15) is 34.8 Å². The Hall–Kier alpha value is -1.35. The van der Waals surface area contributed by atoms with Gasteiger partial charge in [0.1, 0.15) is 0 Å². The van der Waals surface area contributed by atoms with Crippen LogP contribution in [0.4, 0.5) is 0 Å². The second-order valence-electron chi connectivity index (χ2n) is 3.85. The number of primary amides is 1. The molecule has 3 heteroatoms. The third-order valence-electron chi connectivity index (χ3n) is 2.71. The molecule has 0 saturated heterocycles. The zero-order valence-corrected chi connectivity index (χ0v) is 7.94. The molecule has 3 nitrogen and oxygen atoms in total. The summed E-state index contributed by atoms with van der Waals surface area (Å²) in [5.41, 5.74) is 12.8. The molecule has 0 unspecified atom stereocenters. The summed E-state index contributed by atoms with van der Waals surface area (Å²) < 4.78 is 0. The van der Waals surface area contributed by atoms with Crippen LogP contribution in [0.5, 0.6) is 0 Å². The molecule has 1 aliphatic rings. The molecule has 0 aliphatic heterocycles. The van der Waals surface area contributed by atoms with Gasteiger partial charge in [-0.25, -0.2) is 0 Å². The van der Waals surface area contributed by atoms with Gasteiger partial charge in [0.15, 0.2) is 0 Å². The van der Waals surface area contributed by atoms with Crippen molar-refractivity contribution >= 4 is 5.91 Å². The number of hydrogen-bond donors (Lipinski definition) is 2. The molecule has 2 rings (SSSR count). The Kier molecular flexibility index (Phi) is 2.25. The molecule has 0 spiro atoms. The highest BCUT2D eigenvalue weighted by Crippen LogP contribution is 2.39. The van der Waals surface area contributed by atoms with E-state index in [1.807, 2.05) is 12.1 Å². The van der Waals surface area contributed by atoms with E-state index in [0.717, 1.165) is 5.56 Å². The molecule has 74 valence electrons. The van der Waals surface area contributed by atoms with Crippen LogP contribution in [0.2, 0.25) is 0 Å². The van der Waals surface area contributed by atoms with Crippen molar-refractivity contribution in [3.63, 3.8) is 0 Å². The maximum absolute atomic E-state index is 10.8. The highest BCUT2D eigenvalue weighted by molar-refractivity contribution is 5.92. The molecule has 1 atom stereocenters. The molecule has 1 aliphatic carbocycles. The fourth-order valence-electron chi connectivity index (χ4n) is 1.60. The van der Waals surface area contributed by atoms with Gasteiger partial charge in [0, 0.05) is 11.6 Å². The highest BCUT2D eigenvalue weighted by Gasteiger charge is 2.29.